The molecule has 1 saturated heterocycles. The molecule has 5 nitrogen and oxygen atoms in total. The normalized spacial score (nSPS) is 18.4. The predicted octanol–water partition coefficient (Wildman–Crippen LogP) is 2.22. The Morgan fingerprint density at radius 2 is 2.40 bits per heavy atom. The van der Waals surface area contributed by atoms with Gasteiger partial charge in [0.05, 0.1) is 21.8 Å². The Bertz CT molecular complexity index is 653. The number of phenolic OH excluding ortho intramolecular Hbond substituents is 1. The molecule has 1 aromatic carbocycles. The van der Waals surface area contributed by atoms with Crippen molar-refractivity contribution in [2.45, 2.75) is 19.8 Å². The summed E-state index contributed by atoms with van der Waals surface area (Å²) in [7, 11) is 0. The number of nitrogens with zero attached hydrogens (tertiary/aromatic N) is 1. The second-order valence-electron chi connectivity index (χ2n) is 5.04. The maximum absolute atomic E-state index is 11.1. The number of phenols is 1. The predicted molar refractivity (Wildman–Crippen MR) is 77.3 cm³/mol. The molecule has 0 radical (unpaired) electrons. The van der Waals surface area contributed by atoms with Crippen LogP contribution in [0.2, 0.25) is 0 Å². The monoisotopic (exact) mass is 292 g/mol. The number of benzene rings is 1. The van der Waals surface area contributed by atoms with E-state index in [1.165, 1.54) is 0 Å². The molecule has 2 aromatic rings. The zero-order valence-electron chi connectivity index (χ0n) is 11.2. The van der Waals surface area contributed by atoms with Gasteiger partial charge in [0, 0.05) is 25.1 Å². The average Bonchev–Trinajstić information content (AvgIpc) is 2.94. The van der Waals surface area contributed by atoms with E-state index in [1.54, 1.807) is 23.5 Å². The standard InChI is InChI=1S/C14H16N2O3S/c1-8-16-11-5-10(17)6-12(14(11)20-8)19-3-2-9-4-13(18)15-7-9/h5-6,9,17H,2-4,7H2,1H3,(H,15,18)/t9-/m1/s1. The highest BCUT2D eigenvalue weighted by atomic mass is 32.1. The van der Waals surface area contributed by atoms with Crippen LogP contribution in [0.15, 0.2) is 12.1 Å². The van der Waals surface area contributed by atoms with Crippen molar-refractivity contribution < 1.29 is 14.6 Å². The number of amides is 1. The molecule has 20 heavy (non-hydrogen) atoms. The molecule has 1 fully saturated rings. The van der Waals surface area contributed by atoms with Crippen LogP contribution in [0.25, 0.3) is 10.2 Å². The number of nitrogens with one attached hydrogen (secondary N) is 1. The summed E-state index contributed by atoms with van der Waals surface area (Å²) in [5, 5.41) is 13.5. The number of rotatable bonds is 4. The molecule has 2 N–H and O–H groups in total. The number of fused-ring (bicyclic) bond motifs is 1. The summed E-state index contributed by atoms with van der Waals surface area (Å²) >= 11 is 1.56. The fourth-order valence-corrected chi connectivity index (χ4v) is 3.28. The molecule has 0 unspecified atom stereocenters. The first kappa shape index (κ1) is 13.2. The van der Waals surface area contributed by atoms with Crippen molar-refractivity contribution >= 4 is 27.5 Å². The molecule has 1 amide bonds. The summed E-state index contributed by atoms with van der Waals surface area (Å²) in [6.45, 7) is 3.20. The third-order valence-electron chi connectivity index (χ3n) is 3.39. The molecule has 0 saturated carbocycles. The molecule has 3 rings (SSSR count). The van der Waals surface area contributed by atoms with Gasteiger partial charge in [-0.25, -0.2) is 4.98 Å². The van der Waals surface area contributed by atoms with Crippen molar-refractivity contribution in [1.82, 2.24) is 10.3 Å². The highest BCUT2D eigenvalue weighted by Gasteiger charge is 2.21. The van der Waals surface area contributed by atoms with E-state index >= 15 is 0 Å². The maximum Gasteiger partial charge on any atom is 0.220 e. The SMILES string of the molecule is Cc1nc2cc(O)cc(OCC[C@H]3CNC(=O)C3)c2s1. The second-order valence-corrected chi connectivity index (χ2v) is 6.24. The quantitative estimate of drug-likeness (QED) is 0.906. The molecule has 0 bridgehead atoms. The summed E-state index contributed by atoms with van der Waals surface area (Å²) in [6.07, 6.45) is 1.41. The smallest absolute Gasteiger partial charge is 0.220 e. The first-order chi connectivity index (χ1) is 9.61. The molecule has 6 heteroatoms. The molecular weight excluding hydrogens is 276 g/mol. The highest BCUT2D eigenvalue weighted by molar-refractivity contribution is 7.18. The van der Waals surface area contributed by atoms with Crippen LogP contribution in [0.5, 0.6) is 11.5 Å². The van der Waals surface area contributed by atoms with Gasteiger partial charge in [-0.3, -0.25) is 4.79 Å². The molecule has 1 atom stereocenters. The van der Waals surface area contributed by atoms with Crippen LogP contribution in [0, 0.1) is 12.8 Å². The number of ether oxygens (including phenoxy) is 1. The summed E-state index contributed by atoms with van der Waals surface area (Å²) in [6, 6.07) is 3.27. The Morgan fingerprint density at radius 1 is 1.55 bits per heavy atom. The second kappa shape index (κ2) is 5.28. The third kappa shape index (κ3) is 2.70. The minimum atomic E-state index is 0.118. The van der Waals surface area contributed by atoms with Crippen molar-refractivity contribution in [2.24, 2.45) is 5.92 Å². The molecule has 0 spiro atoms. The number of carbonyl (C=O) groups excluding carboxylic acids is 1. The number of carbonyl (C=O) groups is 1. The van der Waals surface area contributed by atoms with Crippen LogP contribution in [0.3, 0.4) is 0 Å². The largest absolute Gasteiger partial charge is 0.508 e. The number of thiazole rings is 1. The van der Waals surface area contributed by atoms with Crippen molar-refractivity contribution in [3.05, 3.63) is 17.1 Å². The van der Waals surface area contributed by atoms with Crippen molar-refractivity contribution in [1.29, 1.82) is 0 Å². The Kier molecular flexibility index (Phi) is 3.48. The fourth-order valence-electron chi connectivity index (χ4n) is 2.41. The number of aromatic nitrogens is 1. The van der Waals surface area contributed by atoms with Crippen LogP contribution in [-0.2, 0) is 4.79 Å². The van der Waals surface area contributed by atoms with Gasteiger partial charge in [0.2, 0.25) is 5.91 Å². The van der Waals surface area contributed by atoms with Gasteiger partial charge < -0.3 is 15.2 Å². The van der Waals surface area contributed by atoms with E-state index in [2.05, 4.69) is 10.3 Å². The molecule has 0 aliphatic carbocycles. The Morgan fingerprint density at radius 3 is 3.15 bits per heavy atom. The number of hydrogen-bond donors (Lipinski definition) is 2. The minimum absolute atomic E-state index is 0.118. The van der Waals surface area contributed by atoms with Gasteiger partial charge >= 0.3 is 0 Å². The zero-order chi connectivity index (χ0) is 14.1. The lowest BCUT2D eigenvalue weighted by Gasteiger charge is -2.10. The molecule has 106 valence electrons. The van der Waals surface area contributed by atoms with Crippen LogP contribution in [0.4, 0.5) is 0 Å². The lowest BCUT2D eigenvalue weighted by atomic mass is 10.1. The molecular formula is C14H16N2O3S. The lowest BCUT2D eigenvalue weighted by Crippen LogP contribution is -2.14. The topological polar surface area (TPSA) is 71.5 Å². The van der Waals surface area contributed by atoms with Crippen LogP contribution in [-0.4, -0.2) is 29.1 Å². The molecule has 2 heterocycles. The van der Waals surface area contributed by atoms with E-state index in [0.29, 0.717) is 24.7 Å². The molecule has 1 aliphatic rings. The summed E-state index contributed by atoms with van der Waals surface area (Å²) in [5.74, 6) is 1.30. The molecule has 1 aromatic heterocycles. The number of hydrogen-bond acceptors (Lipinski definition) is 5. The Balaban J connectivity index is 1.69. The zero-order valence-corrected chi connectivity index (χ0v) is 12.0. The lowest BCUT2D eigenvalue weighted by molar-refractivity contribution is -0.119. The van der Waals surface area contributed by atoms with E-state index in [4.69, 9.17) is 4.74 Å². The van der Waals surface area contributed by atoms with Crippen molar-refractivity contribution in [3.8, 4) is 11.5 Å². The van der Waals surface area contributed by atoms with E-state index in [9.17, 15) is 9.90 Å². The Hall–Kier alpha value is -1.82. The average molecular weight is 292 g/mol. The number of aromatic hydroxyl groups is 1. The third-order valence-corrected chi connectivity index (χ3v) is 4.39. The van der Waals surface area contributed by atoms with Crippen molar-refractivity contribution in [3.63, 3.8) is 0 Å². The van der Waals surface area contributed by atoms with Gasteiger partial charge in [-0.2, -0.15) is 0 Å². The van der Waals surface area contributed by atoms with Crippen molar-refractivity contribution in [2.75, 3.05) is 13.2 Å². The number of aryl methyl sites for hydroxylation is 1. The van der Waals surface area contributed by atoms with Gasteiger partial charge in [0.25, 0.3) is 0 Å². The first-order valence-electron chi connectivity index (χ1n) is 6.61. The van der Waals surface area contributed by atoms with E-state index < -0.39 is 0 Å². The van der Waals surface area contributed by atoms with Gasteiger partial charge in [-0.05, 0) is 19.3 Å². The summed E-state index contributed by atoms with van der Waals surface area (Å²) < 4.78 is 6.74. The van der Waals surface area contributed by atoms with Crippen LogP contribution >= 0.6 is 11.3 Å². The summed E-state index contributed by atoms with van der Waals surface area (Å²) in [4.78, 5) is 15.5. The van der Waals surface area contributed by atoms with Gasteiger partial charge in [-0.1, -0.05) is 0 Å². The Labute approximate surface area is 120 Å². The fraction of sp³-hybridized carbons (Fsp3) is 0.429. The first-order valence-corrected chi connectivity index (χ1v) is 7.43. The van der Waals surface area contributed by atoms with E-state index in [1.807, 2.05) is 6.92 Å². The minimum Gasteiger partial charge on any atom is -0.508 e. The summed E-state index contributed by atoms with van der Waals surface area (Å²) in [5.41, 5.74) is 0.764. The van der Waals surface area contributed by atoms with Gasteiger partial charge in [0.15, 0.2) is 0 Å². The van der Waals surface area contributed by atoms with Crippen LogP contribution < -0.4 is 10.1 Å². The van der Waals surface area contributed by atoms with Crippen LogP contribution in [0.1, 0.15) is 17.8 Å². The highest BCUT2D eigenvalue weighted by Crippen LogP contribution is 2.35. The maximum atomic E-state index is 11.1. The van der Waals surface area contributed by atoms with Gasteiger partial charge in [0.1, 0.15) is 11.5 Å². The van der Waals surface area contributed by atoms with E-state index in [-0.39, 0.29) is 11.7 Å². The molecule has 1 aliphatic heterocycles. The van der Waals surface area contributed by atoms with Gasteiger partial charge in [-0.15, -0.1) is 11.3 Å². The van der Waals surface area contributed by atoms with E-state index in [0.717, 1.165) is 28.2 Å².